The van der Waals surface area contributed by atoms with Gasteiger partial charge >= 0.3 is 0 Å². The number of thiazole rings is 1. The van der Waals surface area contributed by atoms with Crippen molar-refractivity contribution >= 4 is 22.4 Å². The van der Waals surface area contributed by atoms with Gasteiger partial charge in [0.05, 0.1) is 17.7 Å². The zero-order valence-electron chi connectivity index (χ0n) is 21.1. The van der Waals surface area contributed by atoms with E-state index in [4.69, 9.17) is 4.98 Å². The van der Waals surface area contributed by atoms with Crippen LogP contribution in [0.15, 0.2) is 23.6 Å². The lowest BCUT2D eigenvalue weighted by Gasteiger charge is -2.42. The van der Waals surface area contributed by atoms with Crippen molar-refractivity contribution < 1.29 is 9.90 Å². The third-order valence-electron chi connectivity index (χ3n) is 8.57. The first-order chi connectivity index (χ1) is 16.1. The second-order valence-electron chi connectivity index (χ2n) is 11.9. The molecule has 0 bridgehead atoms. The molecular weight excluding hydrogens is 442 g/mol. The molecule has 2 heterocycles. The number of amides is 1. The number of benzene rings is 1. The summed E-state index contributed by atoms with van der Waals surface area (Å²) in [6.45, 7) is 11.3. The summed E-state index contributed by atoms with van der Waals surface area (Å²) in [6, 6.07) is 7.16. The summed E-state index contributed by atoms with van der Waals surface area (Å²) >= 11 is 1.72. The van der Waals surface area contributed by atoms with Gasteiger partial charge < -0.3 is 15.3 Å². The Morgan fingerprint density at radius 3 is 2.44 bits per heavy atom. The molecule has 0 unspecified atom stereocenters. The summed E-state index contributed by atoms with van der Waals surface area (Å²) < 4.78 is 0. The monoisotopic (exact) mass is 481 g/mol. The molecule has 0 radical (unpaired) electrons. The molecule has 1 aromatic carbocycles. The molecule has 5 rings (SSSR count). The lowest BCUT2D eigenvalue weighted by molar-refractivity contribution is -0.128. The first-order valence-corrected chi connectivity index (χ1v) is 13.9. The van der Waals surface area contributed by atoms with Crippen LogP contribution >= 0.6 is 11.3 Å². The summed E-state index contributed by atoms with van der Waals surface area (Å²) in [6.07, 6.45) is 6.33. The van der Waals surface area contributed by atoms with Gasteiger partial charge in [0.1, 0.15) is 0 Å². The summed E-state index contributed by atoms with van der Waals surface area (Å²) in [4.78, 5) is 19.9. The van der Waals surface area contributed by atoms with Crippen molar-refractivity contribution in [2.75, 3.05) is 18.0 Å². The molecule has 0 spiro atoms. The number of anilines is 1. The van der Waals surface area contributed by atoms with E-state index in [9.17, 15) is 9.90 Å². The van der Waals surface area contributed by atoms with Gasteiger partial charge in [-0.3, -0.25) is 4.79 Å². The maximum Gasteiger partial charge on any atom is 0.225 e. The van der Waals surface area contributed by atoms with Crippen molar-refractivity contribution in [3.8, 4) is 11.3 Å². The molecule has 2 aromatic rings. The van der Waals surface area contributed by atoms with Crippen LogP contribution in [-0.2, 0) is 15.6 Å². The van der Waals surface area contributed by atoms with Gasteiger partial charge in [0.2, 0.25) is 5.91 Å². The molecule has 1 aliphatic heterocycles. The smallest absolute Gasteiger partial charge is 0.225 e. The standard InChI is InChI=1S/C28H39N3O2S/c1-27(2)12-13-28(3,4)22-16-18(8-9-21(22)27)23-17-34-26(30-23)31-14-10-19(11-15-31)29-25(33)20-6-5-7-24(20)32/h8-9,16-17,19-20,24,32H,5-7,10-15H2,1-4H3,(H,29,33)/t20-,24-/m0/s1. The molecule has 34 heavy (non-hydrogen) atoms. The lowest BCUT2D eigenvalue weighted by Crippen LogP contribution is -2.47. The van der Waals surface area contributed by atoms with Crippen molar-refractivity contribution in [2.45, 2.75) is 95.6 Å². The number of rotatable bonds is 4. The highest BCUT2D eigenvalue weighted by Crippen LogP contribution is 2.47. The SMILES string of the molecule is CC1(C)CCC(C)(C)c2cc(-c3csc(N4CCC(NC(=O)[C@H]5CCC[C@@H]5O)CC4)n3)ccc21. The number of nitrogens with one attached hydrogen (secondary N) is 1. The minimum Gasteiger partial charge on any atom is -0.392 e. The molecule has 5 nitrogen and oxygen atoms in total. The molecule has 3 aliphatic rings. The van der Waals surface area contributed by atoms with Crippen molar-refractivity contribution in [3.05, 3.63) is 34.7 Å². The number of fused-ring (bicyclic) bond motifs is 1. The molecular formula is C28H39N3O2S. The van der Waals surface area contributed by atoms with Gasteiger partial charge in [-0.1, -0.05) is 39.8 Å². The predicted molar refractivity (Wildman–Crippen MR) is 140 cm³/mol. The van der Waals surface area contributed by atoms with Crippen LogP contribution in [0.4, 0.5) is 5.13 Å². The topological polar surface area (TPSA) is 65.5 Å². The Kier molecular flexibility index (Phi) is 6.26. The number of carbonyl (C=O) groups is 1. The number of aromatic nitrogens is 1. The fourth-order valence-electron chi connectivity index (χ4n) is 6.06. The van der Waals surface area contributed by atoms with Crippen molar-refractivity contribution in [1.29, 1.82) is 0 Å². The molecule has 1 saturated carbocycles. The third-order valence-corrected chi connectivity index (χ3v) is 9.47. The maximum atomic E-state index is 12.5. The largest absolute Gasteiger partial charge is 0.392 e. The first kappa shape index (κ1) is 23.8. The average molecular weight is 482 g/mol. The van der Waals surface area contributed by atoms with Crippen LogP contribution in [0.2, 0.25) is 0 Å². The quantitative estimate of drug-likeness (QED) is 0.613. The minimum absolute atomic E-state index is 0.0403. The minimum atomic E-state index is -0.464. The Morgan fingerprint density at radius 2 is 1.76 bits per heavy atom. The van der Waals surface area contributed by atoms with E-state index in [1.807, 2.05) is 0 Å². The molecule has 6 heteroatoms. The van der Waals surface area contributed by atoms with Gasteiger partial charge in [-0.05, 0) is 73.0 Å². The summed E-state index contributed by atoms with van der Waals surface area (Å²) in [5.41, 5.74) is 5.65. The number of hydrogen-bond acceptors (Lipinski definition) is 5. The maximum absolute atomic E-state index is 12.5. The fourth-order valence-corrected chi connectivity index (χ4v) is 6.95. The van der Waals surface area contributed by atoms with E-state index in [1.165, 1.54) is 29.5 Å². The normalized spacial score (nSPS) is 26.3. The van der Waals surface area contributed by atoms with Gasteiger partial charge in [0.25, 0.3) is 0 Å². The second kappa shape index (κ2) is 8.94. The molecule has 2 fully saturated rings. The van der Waals surface area contributed by atoms with Gasteiger partial charge in [0, 0.05) is 30.1 Å². The number of aliphatic hydroxyl groups is 1. The number of aliphatic hydroxyl groups excluding tert-OH is 1. The van der Waals surface area contributed by atoms with E-state index < -0.39 is 6.10 Å². The van der Waals surface area contributed by atoms with Crippen LogP contribution in [0.1, 0.15) is 83.8 Å². The molecule has 2 N–H and O–H groups in total. The van der Waals surface area contributed by atoms with Crippen molar-refractivity contribution in [1.82, 2.24) is 10.3 Å². The molecule has 2 atom stereocenters. The van der Waals surface area contributed by atoms with E-state index >= 15 is 0 Å². The van der Waals surface area contributed by atoms with E-state index in [1.54, 1.807) is 11.3 Å². The Labute approximate surface area is 208 Å². The highest BCUT2D eigenvalue weighted by Gasteiger charge is 2.37. The van der Waals surface area contributed by atoms with Gasteiger partial charge in [-0.2, -0.15) is 0 Å². The molecule has 1 saturated heterocycles. The molecule has 184 valence electrons. The summed E-state index contributed by atoms with van der Waals surface area (Å²) in [5.74, 6) is -0.176. The number of piperidine rings is 1. The van der Waals surface area contributed by atoms with Crippen molar-refractivity contribution in [2.24, 2.45) is 5.92 Å². The van der Waals surface area contributed by atoms with Crippen LogP contribution < -0.4 is 10.2 Å². The Bertz CT molecular complexity index is 1050. The Hall–Kier alpha value is -1.92. The average Bonchev–Trinajstić information content (AvgIpc) is 3.47. The van der Waals surface area contributed by atoms with E-state index in [0.29, 0.717) is 0 Å². The van der Waals surface area contributed by atoms with Crippen LogP contribution in [0.25, 0.3) is 11.3 Å². The predicted octanol–water partition coefficient (Wildman–Crippen LogP) is 5.41. The van der Waals surface area contributed by atoms with Crippen molar-refractivity contribution in [3.63, 3.8) is 0 Å². The van der Waals surface area contributed by atoms with E-state index in [0.717, 1.165) is 56.0 Å². The number of nitrogens with zero attached hydrogens (tertiary/aromatic N) is 2. The lowest BCUT2D eigenvalue weighted by atomic mass is 9.63. The zero-order valence-corrected chi connectivity index (χ0v) is 21.9. The Morgan fingerprint density at radius 1 is 1.06 bits per heavy atom. The Balaban J connectivity index is 1.24. The van der Waals surface area contributed by atoms with Gasteiger partial charge in [0.15, 0.2) is 5.13 Å². The van der Waals surface area contributed by atoms with Crippen LogP contribution in [0.3, 0.4) is 0 Å². The highest BCUT2D eigenvalue weighted by atomic mass is 32.1. The number of hydrogen-bond donors (Lipinski definition) is 2. The van der Waals surface area contributed by atoms with Crippen LogP contribution in [-0.4, -0.2) is 41.2 Å². The van der Waals surface area contributed by atoms with E-state index in [2.05, 4.69) is 61.5 Å². The summed E-state index contributed by atoms with van der Waals surface area (Å²) in [5, 5.41) is 16.5. The van der Waals surface area contributed by atoms with Gasteiger partial charge in [-0.25, -0.2) is 4.98 Å². The second-order valence-corrected chi connectivity index (χ2v) is 12.8. The highest BCUT2D eigenvalue weighted by molar-refractivity contribution is 7.14. The molecule has 1 aromatic heterocycles. The summed E-state index contributed by atoms with van der Waals surface area (Å²) in [7, 11) is 0. The van der Waals surface area contributed by atoms with Gasteiger partial charge in [-0.15, -0.1) is 11.3 Å². The van der Waals surface area contributed by atoms with Crippen LogP contribution in [0.5, 0.6) is 0 Å². The fraction of sp³-hybridized carbons (Fsp3) is 0.643. The zero-order chi connectivity index (χ0) is 24.1. The molecule has 2 aliphatic carbocycles. The van der Waals surface area contributed by atoms with E-state index in [-0.39, 0.29) is 28.7 Å². The number of carbonyl (C=O) groups excluding carboxylic acids is 1. The molecule has 1 amide bonds. The third kappa shape index (κ3) is 4.51. The van der Waals surface area contributed by atoms with Crippen LogP contribution in [0, 0.1) is 5.92 Å². The first-order valence-electron chi connectivity index (χ1n) is 13.0.